The molecule has 52 heavy (non-hydrogen) atoms. The van der Waals surface area contributed by atoms with Crippen molar-refractivity contribution in [1.82, 2.24) is 34.9 Å². The Labute approximate surface area is 306 Å². The van der Waals surface area contributed by atoms with Gasteiger partial charge in [-0.3, -0.25) is 9.69 Å². The predicted molar refractivity (Wildman–Crippen MR) is 196 cm³/mol. The molecule has 3 fully saturated rings. The molecule has 14 nitrogen and oxygen atoms in total. The summed E-state index contributed by atoms with van der Waals surface area (Å²) in [7, 11) is 0. The Kier molecular flexibility index (Phi) is 14.0. The van der Waals surface area contributed by atoms with E-state index in [2.05, 4.69) is 77.0 Å². The van der Waals surface area contributed by atoms with Gasteiger partial charge in [0.15, 0.2) is 0 Å². The Morgan fingerprint density at radius 3 is 2.21 bits per heavy atom. The van der Waals surface area contributed by atoms with E-state index in [9.17, 15) is 4.79 Å². The maximum absolute atomic E-state index is 12.6. The number of carbonyl (C=O) groups is 1. The number of terminal acetylenes is 1. The number of amides is 1. The zero-order valence-electron chi connectivity index (χ0n) is 30.3. The normalized spacial score (nSPS) is 20.8. The van der Waals surface area contributed by atoms with Gasteiger partial charge in [-0.2, -0.15) is 0 Å². The molecule has 14 heteroatoms. The third kappa shape index (κ3) is 9.91. The van der Waals surface area contributed by atoms with Crippen molar-refractivity contribution in [3.8, 4) is 12.3 Å². The fraction of sp³-hybridized carbons (Fsp3) is 0.605. The summed E-state index contributed by atoms with van der Waals surface area (Å²) in [5.74, 6) is 5.09. The van der Waals surface area contributed by atoms with E-state index in [0.29, 0.717) is 89.0 Å². The lowest BCUT2D eigenvalue weighted by molar-refractivity contribution is 0.00175. The summed E-state index contributed by atoms with van der Waals surface area (Å²) < 4.78 is 23.9. The summed E-state index contributed by atoms with van der Waals surface area (Å²) >= 11 is 0. The van der Waals surface area contributed by atoms with Crippen molar-refractivity contribution in [2.75, 3.05) is 83.9 Å². The number of nitrogens with zero attached hydrogens (tertiary/aromatic N) is 7. The number of rotatable bonds is 21. The smallest absolute Gasteiger partial charge is 0.254 e. The number of carbonyl (C=O) groups excluding carboxylic acids is 1. The summed E-state index contributed by atoms with van der Waals surface area (Å²) in [5.41, 5.74) is 8.18. The van der Waals surface area contributed by atoms with Crippen molar-refractivity contribution in [2.45, 2.75) is 69.1 Å². The Bertz CT molecular complexity index is 1560. The van der Waals surface area contributed by atoms with Crippen molar-refractivity contribution in [2.24, 2.45) is 5.73 Å². The fourth-order valence-corrected chi connectivity index (χ4v) is 7.63. The van der Waals surface area contributed by atoms with Gasteiger partial charge in [0.2, 0.25) is 5.95 Å². The van der Waals surface area contributed by atoms with Gasteiger partial charge in [0.05, 0.1) is 57.7 Å². The number of nitrogens with two attached hydrogens (primary N) is 1. The van der Waals surface area contributed by atoms with E-state index in [0.717, 1.165) is 50.5 Å². The highest BCUT2D eigenvalue weighted by molar-refractivity contribution is 5.93. The lowest BCUT2D eigenvalue weighted by atomic mass is 9.93. The third-order valence-corrected chi connectivity index (χ3v) is 10.3. The highest BCUT2D eigenvalue weighted by Gasteiger charge is 2.43. The number of piperidine rings is 1. The molecule has 1 amide bonds. The molecule has 3 saturated heterocycles. The number of hydrogen-bond acceptors (Lipinski definition) is 12. The number of benzene rings is 1. The summed E-state index contributed by atoms with van der Waals surface area (Å²) in [6.45, 7) is 8.46. The van der Waals surface area contributed by atoms with Crippen molar-refractivity contribution >= 4 is 11.9 Å². The Balaban J connectivity index is 0.880. The van der Waals surface area contributed by atoms with Crippen molar-refractivity contribution in [3.05, 3.63) is 65.5 Å². The van der Waals surface area contributed by atoms with Crippen LogP contribution in [0, 0.1) is 19.3 Å². The maximum Gasteiger partial charge on any atom is 0.254 e. The fourth-order valence-electron chi connectivity index (χ4n) is 7.63. The number of fused-ring (bicyclic) bond motifs is 2. The van der Waals surface area contributed by atoms with Crippen LogP contribution in [-0.4, -0.2) is 127 Å². The van der Waals surface area contributed by atoms with Gasteiger partial charge in [0.25, 0.3) is 5.91 Å². The van der Waals surface area contributed by atoms with E-state index >= 15 is 0 Å². The number of ether oxygens (including phenoxy) is 4. The Morgan fingerprint density at radius 2 is 1.56 bits per heavy atom. The number of nitrogens with one attached hydrogen (secondary N) is 1. The van der Waals surface area contributed by atoms with Gasteiger partial charge in [-0.1, -0.05) is 36.3 Å². The quantitative estimate of drug-likeness (QED) is 0.123. The first-order valence-corrected chi connectivity index (χ1v) is 18.6. The number of hydrogen-bond donors (Lipinski definition) is 2. The molecule has 5 heterocycles. The molecule has 3 aliphatic heterocycles. The van der Waals surface area contributed by atoms with Gasteiger partial charge in [-0.15, -0.1) is 16.6 Å². The van der Waals surface area contributed by atoms with E-state index in [1.54, 1.807) is 12.4 Å². The molecule has 0 spiro atoms. The molecule has 280 valence electrons. The first-order valence-electron chi connectivity index (χ1n) is 18.6. The first kappa shape index (κ1) is 37.8. The van der Waals surface area contributed by atoms with Gasteiger partial charge >= 0.3 is 0 Å². The predicted octanol–water partition coefficient (Wildman–Crippen LogP) is 2.67. The second-order valence-corrected chi connectivity index (χ2v) is 13.8. The zero-order chi connectivity index (χ0) is 36.1. The van der Waals surface area contributed by atoms with Crippen molar-refractivity contribution in [1.29, 1.82) is 0 Å². The lowest BCUT2D eigenvalue weighted by Crippen LogP contribution is -2.48. The Morgan fingerprint density at radius 1 is 0.923 bits per heavy atom. The number of anilines is 1. The molecule has 2 aromatic heterocycles. The van der Waals surface area contributed by atoms with Crippen LogP contribution in [0.2, 0.25) is 0 Å². The van der Waals surface area contributed by atoms with Crippen molar-refractivity contribution in [3.63, 3.8) is 0 Å². The van der Waals surface area contributed by atoms with E-state index in [1.165, 1.54) is 18.4 Å². The molecular weight excluding hydrogens is 662 g/mol. The molecule has 0 saturated carbocycles. The number of aromatic nitrogens is 5. The van der Waals surface area contributed by atoms with Crippen molar-refractivity contribution < 1.29 is 23.7 Å². The highest BCUT2D eigenvalue weighted by Crippen LogP contribution is 2.43. The van der Waals surface area contributed by atoms with Crippen LogP contribution in [-0.2, 0) is 18.9 Å². The summed E-state index contributed by atoms with van der Waals surface area (Å²) in [6, 6.07) is 12.1. The summed E-state index contributed by atoms with van der Waals surface area (Å²) in [5, 5.41) is 12.1. The molecule has 3 aromatic rings. The molecule has 0 aliphatic carbocycles. The van der Waals surface area contributed by atoms with Gasteiger partial charge in [0, 0.05) is 62.7 Å². The highest BCUT2D eigenvalue weighted by atomic mass is 16.6. The van der Waals surface area contributed by atoms with Crippen LogP contribution in [0.5, 0.6) is 0 Å². The van der Waals surface area contributed by atoms with Gasteiger partial charge < -0.3 is 39.5 Å². The van der Waals surface area contributed by atoms with Crippen LogP contribution in [0.25, 0.3) is 0 Å². The Hall–Kier alpha value is -3.97. The average molecular weight is 716 g/mol. The largest absolute Gasteiger partial charge is 0.377 e. The second kappa shape index (κ2) is 19.2. The lowest BCUT2D eigenvalue weighted by Gasteiger charge is -2.42. The van der Waals surface area contributed by atoms with E-state index in [-0.39, 0.29) is 17.9 Å². The molecular formula is C38H53N9O5. The van der Waals surface area contributed by atoms with E-state index in [1.807, 2.05) is 6.07 Å². The molecule has 3 N–H and O–H groups in total. The van der Waals surface area contributed by atoms with Crippen LogP contribution in [0.1, 0.15) is 77.7 Å². The van der Waals surface area contributed by atoms with Gasteiger partial charge in [0.1, 0.15) is 18.3 Å². The topological polar surface area (TPSA) is 155 Å². The van der Waals surface area contributed by atoms with Crippen LogP contribution in [0.15, 0.2) is 42.7 Å². The molecule has 6 rings (SSSR count). The molecule has 3 aliphatic rings. The standard InChI is InChI=1S/C38H53N9O5/c1-3-14-49-16-18-51-20-21-52-19-17-50-15-12-40-37(48)30-24-41-38(42-25-30)45-26-31(27-45)36-44-43-28(2)47(36)34-22-32-9-10-33(23-34)46(32)13-11-35(39)29-7-5-4-6-8-29/h1,4-8,24-25,31-35H,9-23,26-27,39H2,2H3,(H,40,48)/t32?,33?,34?,35-/m0/s1. The number of aryl methyl sites for hydroxylation is 1. The maximum atomic E-state index is 12.6. The zero-order valence-corrected chi connectivity index (χ0v) is 30.3. The molecule has 3 atom stereocenters. The minimum Gasteiger partial charge on any atom is -0.377 e. The van der Waals surface area contributed by atoms with Crippen LogP contribution >= 0.6 is 0 Å². The minimum atomic E-state index is -0.237. The summed E-state index contributed by atoms with van der Waals surface area (Å²) in [6.07, 6.45) is 14.0. The second-order valence-electron chi connectivity index (χ2n) is 13.8. The van der Waals surface area contributed by atoms with Gasteiger partial charge in [-0.05, 0) is 44.6 Å². The van der Waals surface area contributed by atoms with E-state index < -0.39 is 0 Å². The van der Waals surface area contributed by atoms with Crippen LogP contribution in [0.3, 0.4) is 0 Å². The monoisotopic (exact) mass is 715 g/mol. The molecule has 2 unspecified atom stereocenters. The first-order chi connectivity index (χ1) is 25.5. The summed E-state index contributed by atoms with van der Waals surface area (Å²) in [4.78, 5) is 26.4. The van der Waals surface area contributed by atoms with E-state index in [4.69, 9.17) is 31.1 Å². The van der Waals surface area contributed by atoms with Crippen LogP contribution < -0.4 is 16.0 Å². The third-order valence-electron chi connectivity index (χ3n) is 10.3. The van der Waals surface area contributed by atoms with Crippen LogP contribution in [0.4, 0.5) is 5.95 Å². The average Bonchev–Trinajstić information content (AvgIpc) is 3.64. The molecule has 1 aromatic carbocycles. The van der Waals surface area contributed by atoms with Gasteiger partial charge in [-0.25, -0.2) is 9.97 Å². The SMILES string of the molecule is C#CCOCCOCCOCCOCCNC(=O)c1cnc(N2CC(c3nnc(C)n3C3CC4CCC(C3)N4CC[C@H](N)c3ccccc3)C2)nc1. The molecule has 2 bridgehead atoms. The molecule has 0 radical (unpaired) electrons. The minimum absolute atomic E-state index is 0.0701.